The molecule has 4 nitrogen and oxygen atoms in total. The van der Waals surface area contributed by atoms with Crippen molar-refractivity contribution < 1.29 is 10.0 Å². The largest absolute Gasteiger partial charge is 0.520 e. The van der Waals surface area contributed by atoms with E-state index in [1.165, 1.54) is 0 Å². The Kier molecular flexibility index (Phi) is 1.79. The standard InChI is InChI=1S/C3H5BN2O2S/c1-2-5-3(4(7)8)9-6-2/h7-8H,1H3. The summed E-state index contributed by atoms with van der Waals surface area (Å²) in [5, 5.41) is 17.0. The van der Waals surface area contributed by atoms with Crippen molar-refractivity contribution in [2.24, 2.45) is 0 Å². The molecule has 0 aliphatic carbocycles. The summed E-state index contributed by atoms with van der Waals surface area (Å²) in [4.78, 5) is 3.96. The van der Waals surface area contributed by atoms with Gasteiger partial charge in [-0.25, -0.2) is 4.98 Å². The van der Waals surface area contributed by atoms with Crippen molar-refractivity contribution in [2.75, 3.05) is 0 Å². The third-order valence-electron chi connectivity index (χ3n) is 0.764. The van der Waals surface area contributed by atoms with Gasteiger partial charge >= 0.3 is 7.12 Å². The number of aromatic nitrogens is 2. The molecular weight excluding hydrogens is 139 g/mol. The Morgan fingerprint density at radius 1 is 1.56 bits per heavy atom. The van der Waals surface area contributed by atoms with E-state index >= 15 is 0 Å². The van der Waals surface area contributed by atoms with Crippen LogP contribution in [-0.4, -0.2) is 26.5 Å². The molecule has 0 saturated heterocycles. The fourth-order valence-corrected chi connectivity index (χ4v) is 0.952. The zero-order valence-electron chi connectivity index (χ0n) is 4.77. The number of aryl methyl sites for hydroxylation is 1. The van der Waals surface area contributed by atoms with Gasteiger partial charge in [0.2, 0.25) is 0 Å². The lowest BCUT2D eigenvalue weighted by molar-refractivity contribution is 0.425. The molecule has 0 aliphatic heterocycles. The van der Waals surface area contributed by atoms with Crippen LogP contribution in [-0.2, 0) is 0 Å². The molecule has 0 saturated carbocycles. The van der Waals surface area contributed by atoms with E-state index < -0.39 is 7.12 Å². The first-order valence-corrected chi connectivity index (χ1v) is 3.14. The van der Waals surface area contributed by atoms with Gasteiger partial charge in [0.1, 0.15) is 10.7 Å². The van der Waals surface area contributed by atoms with E-state index in [4.69, 9.17) is 10.0 Å². The second kappa shape index (κ2) is 2.42. The number of rotatable bonds is 1. The summed E-state index contributed by atoms with van der Waals surface area (Å²) in [7, 11) is -1.48. The lowest BCUT2D eigenvalue weighted by Gasteiger charge is -1.84. The summed E-state index contributed by atoms with van der Waals surface area (Å²) < 4.78 is 3.75. The molecule has 1 heterocycles. The van der Waals surface area contributed by atoms with E-state index in [9.17, 15) is 0 Å². The van der Waals surface area contributed by atoms with Gasteiger partial charge in [0.05, 0.1) is 0 Å². The van der Waals surface area contributed by atoms with Crippen molar-refractivity contribution in [3.8, 4) is 0 Å². The molecule has 0 unspecified atom stereocenters. The second-order valence-corrected chi connectivity index (χ2v) is 2.34. The topological polar surface area (TPSA) is 66.2 Å². The van der Waals surface area contributed by atoms with Crippen LogP contribution in [0.2, 0.25) is 0 Å². The van der Waals surface area contributed by atoms with E-state index in [1.807, 2.05) is 0 Å². The summed E-state index contributed by atoms with van der Waals surface area (Å²) >= 11 is 0.997. The molecule has 2 N–H and O–H groups in total. The Bertz CT molecular complexity index is 201. The minimum atomic E-state index is -1.48. The van der Waals surface area contributed by atoms with Crippen LogP contribution in [0, 0.1) is 6.92 Å². The molecule has 0 atom stereocenters. The first-order valence-electron chi connectivity index (χ1n) is 2.36. The molecule has 0 fully saturated rings. The molecule has 0 radical (unpaired) electrons. The molecule has 0 spiro atoms. The number of hydrogen-bond donors (Lipinski definition) is 2. The zero-order chi connectivity index (χ0) is 6.85. The molecule has 0 amide bonds. The highest BCUT2D eigenvalue weighted by Gasteiger charge is 2.15. The molecule has 0 aliphatic rings. The van der Waals surface area contributed by atoms with Crippen LogP contribution in [0.15, 0.2) is 0 Å². The maximum Gasteiger partial charge on any atom is 0.520 e. The first-order chi connectivity index (χ1) is 4.20. The van der Waals surface area contributed by atoms with Crippen LogP contribution in [0.3, 0.4) is 0 Å². The van der Waals surface area contributed by atoms with E-state index in [2.05, 4.69) is 9.36 Å². The number of hydrogen-bond acceptors (Lipinski definition) is 5. The molecular formula is C3H5BN2O2S. The summed E-state index contributed by atoms with van der Waals surface area (Å²) in [6, 6.07) is 0. The minimum absolute atomic E-state index is 0.243. The summed E-state index contributed by atoms with van der Waals surface area (Å²) in [6.45, 7) is 1.70. The van der Waals surface area contributed by atoms with Crippen LogP contribution >= 0.6 is 11.5 Å². The van der Waals surface area contributed by atoms with Crippen molar-refractivity contribution in [1.82, 2.24) is 9.36 Å². The normalized spacial score (nSPS) is 9.67. The molecule has 1 aromatic heterocycles. The SMILES string of the molecule is Cc1nsc(B(O)O)n1. The maximum absolute atomic E-state index is 8.50. The quantitative estimate of drug-likeness (QED) is 0.472. The van der Waals surface area contributed by atoms with Gasteiger partial charge in [-0.1, -0.05) is 0 Å². The highest BCUT2D eigenvalue weighted by molar-refractivity contribution is 7.16. The lowest BCUT2D eigenvalue weighted by Crippen LogP contribution is -2.29. The molecule has 48 valence electrons. The highest BCUT2D eigenvalue weighted by Crippen LogP contribution is 1.88. The minimum Gasteiger partial charge on any atom is -0.422 e. The Labute approximate surface area is 56.5 Å². The first kappa shape index (κ1) is 6.66. The van der Waals surface area contributed by atoms with Crippen molar-refractivity contribution in [3.63, 3.8) is 0 Å². The highest BCUT2D eigenvalue weighted by atomic mass is 32.1. The Hall–Kier alpha value is -0.455. The average molecular weight is 144 g/mol. The van der Waals surface area contributed by atoms with Gasteiger partial charge in [-0.05, 0) is 18.5 Å². The number of nitrogens with zero attached hydrogens (tertiary/aromatic N) is 2. The van der Waals surface area contributed by atoms with Crippen molar-refractivity contribution in [2.45, 2.75) is 6.92 Å². The van der Waals surface area contributed by atoms with Crippen LogP contribution in [0.25, 0.3) is 0 Å². The molecule has 0 aromatic carbocycles. The van der Waals surface area contributed by atoms with E-state index in [0.29, 0.717) is 5.82 Å². The van der Waals surface area contributed by atoms with E-state index in [0.717, 1.165) is 11.5 Å². The summed E-state index contributed by atoms with van der Waals surface area (Å²) in [5.41, 5.74) is 0. The molecule has 1 rings (SSSR count). The maximum atomic E-state index is 8.50. The van der Waals surface area contributed by atoms with Gasteiger partial charge in [0.15, 0.2) is 0 Å². The average Bonchev–Trinajstić information content (AvgIpc) is 2.14. The monoisotopic (exact) mass is 144 g/mol. The van der Waals surface area contributed by atoms with Crippen LogP contribution < -0.4 is 4.91 Å². The molecule has 6 heteroatoms. The fraction of sp³-hybridized carbons (Fsp3) is 0.333. The summed E-state index contributed by atoms with van der Waals surface area (Å²) in [6.07, 6.45) is 0. The van der Waals surface area contributed by atoms with Gasteiger partial charge in [-0.3, -0.25) is 0 Å². The van der Waals surface area contributed by atoms with Crippen molar-refractivity contribution in [3.05, 3.63) is 5.82 Å². The van der Waals surface area contributed by atoms with Crippen molar-refractivity contribution in [1.29, 1.82) is 0 Å². The Morgan fingerprint density at radius 3 is 2.44 bits per heavy atom. The lowest BCUT2D eigenvalue weighted by atomic mass is 9.94. The van der Waals surface area contributed by atoms with E-state index in [-0.39, 0.29) is 4.91 Å². The summed E-state index contributed by atoms with van der Waals surface area (Å²) in [5.74, 6) is 0.572. The van der Waals surface area contributed by atoms with Gasteiger partial charge < -0.3 is 10.0 Å². The van der Waals surface area contributed by atoms with Crippen LogP contribution in [0.4, 0.5) is 0 Å². The van der Waals surface area contributed by atoms with Crippen molar-refractivity contribution >= 4 is 23.6 Å². The van der Waals surface area contributed by atoms with Gasteiger partial charge in [0, 0.05) is 0 Å². The Morgan fingerprint density at radius 2 is 2.22 bits per heavy atom. The zero-order valence-corrected chi connectivity index (χ0v) is 5.59. The Balaban J connectivity index is 2.85. The molecule has 0 bridgehead atoms. The third-order valence-corrected chi connectivity index (χ3v) is 1.61. The second-order valence-electron chi connectivity index (χ2n) is 1.55. The van der Waals surface area contributed by atoms with E-state index in [1.54, 1.807) is 6.92 Å². The van der Waals surface area contributed by atoms with Crippen LogP contribution in [0.5, 0.6) is 0 Å². The third kappa shape index (κ3) is 1.47. The smallest absolute Gasteiger partial charge is 0.422 e. The molecule has 1 aromatic rings. The fourth-order valence-electron chi connectivity index (χ4n) is 0.418. The predicted molar refractivity (Wildman–Crippen MR) is 34.5 cm³/mol. The van der Waals surface area contributed by atoms with Gasteiger partial charge in [-0.2, -0.15) is 4.37 Å². The molecule has 9 heavy (non-hydrogen) atoms. The van der Waals surface area contributed by atoms with Crippen LogP contribution in [0.1, 0.15) is 5.82 Å². The predicted octanol–water partition coefficient (Wildman–Crippen LogP) is -1.47. The van der Waals surface area contributed by atoms with Gasteiger partial charge in [-0.15, -0.1) is 0 Å². The van der Waals surface area contributed by atoms with Gasteiger partial charge in [0.25, 0.3) is 0 Å².